The van der Waals surface area contributed by atoms with Crippen LogP contribution in [0, 0.1) is 31.1 Å². The summed E-state index contributed by atoms with van der Waals surface area (Å²) in [4.78, 5) is 24.4. The van der Waals surface area contributed by atoms with Gasteiger partial charge in [0.1, 0.15) is 5.76 Å². The number of benzene rings is 1. The van der Waals surface area contributed by atoms with Crippen LogP contribution < -0.4 is 5.32 Å². The smallest absolute Gasteiger partial charge is 0.249 e. The Morgan fingerprint density at radius 3 is 2.67 bits per heavy atom. The van der Waals surface area contributed by atoms with E-state index in [2.05, 4.69) is 10.5 Å². The Balaban J connectivity index is 2.02. The van der Waals surface area contributed by atoms with E-state index in [0.717, 1.165) is 5.56 Å². The number of nitriles is 1. The van der Waals surface area contributed by atoms with Crippen LogP contribution in [0.2, 0.25) is 5.02 Å². The van der Waals surface area contributed by atoms with Crippen LogP contribution in [0.15, 0.2) is 28.8 Å². The van der Waals surface area contributed by atoms with E-state index < -0.39 is 17.6 Å². The molecular weight excluding hydrogens is 330 g/mol. The van der Waals surface area contributed by atoms with Gasteiger partial charge in [-0.15, -0.1) is 0 Å². The summed E-state index contributed by atoms with van der Waals surface area (Å²) >= 11 is 5.96. The van der Waals surface area contributed by atoms with Crippen molar-refractivity contribution < 1.29 is 14.1 Å². The minimum atomic E-state index is -1.39. The molecule has 0 aliphatic heterocycles. The maximum atomic E-state index is 12.2. The number of para-hydroxylation sites is 1. The molecule has 7 heteroatoms. The average molecular weight is 346 g/mol. The van der Waals surface area contributed by atoms with Gasteiger partial charge >= 0.3 is 0 Å². The van der Waals surface area contributed by atoms with E-state index in [1.165, 1.54) is 0 Å². The van der Waals surface area contributed by atoms with Crippen molar-refractivity contribution in [1.82, 2.24) is 5.16 Å². The summed E-state index contributed by atoms with van der Waals surface area (Å²) in [5, 5.41) is 15.9. The number of hydrogen-bond acceptors (Lipinski definition) is 5. The number of hydrogen-bond donors (Lipinski definition) is 1. The van der Waals surface area contributed by atoms with Gasteiger partial charge in [0, 0.05) is 12.0 Å². The molecule has 6 nitrogen and oxygen atoms in total. The summed E-state index contributed by atoms with van der Waals surface area (Å²) in [5.74, 6) is -1.90. The van der Waals surface area contributed by atoms with Gasteiger partial charge in [-0.05, 0) is 32.4 Å². The van der Waals surface area contributed by atoms with Crippen molar-refractivity contribution in [2.45, 2.75) is 26.7 Å². The molecule has 0 spiro atoms. The van der Waals surface area contributed by atoms with Crippen molar-refractivity contribution in [2.24, 2.45) is 5.92 Å². The van der Waals surface area contributed by atoms with E-state index in [1.807, 2.05) is 0 Å². The molecule has 1 amide bonds. The molecule has 1 aromatic carbocycles. The van der Waals surface area contributed by atoms with Crippen molar-refractivity contribution in [2.75, 3.05) is 5.32 Å². The molecule has 1 heterocycles. The molecule has 1 atom stereocenters. The van der Waals surface area contributed by atoms with Gasteiger partial charge < -0.3 is 9.84 Å². The Bertz CT molecular complexity index is 788. The molecule has 0 bridgehead atoms. The first-order chi connectivity index (χ1) is 11.4. The van der Waals surface area contributed by atoms with Crippen molar-refractivity contribution >= 4 is 29.0 Å². The molecule has 2 aromatic rings. The third-order valence-electron chi connectivity index (χ3n) is 3.65. The number of amides is 1. The Labute approximate surface area is 144 Å². The molecule has 24 heavy (non-hydrogen) atoms. The molecule has 0 saturated carbocycles. The minimum absolute atomic E-state index is 0.0526. The van der Waals surface area contributed by atoms with Crippen molar-refractivity contribution in [1.29, 1.82) is 5.26 Å². The van der Waals surface area contributed by atoms with Crippen LogP contribution in [0.1, 0.15) is 23.4 Å². The van der Waals surface area contributed by atoms with Gasteiger partial charge in [0.05, 0.1) is 22.5 Å². The summed E-state index contributed by atoms with van der Waals surface area (Å²) < 4.78 is 5.03. The zero-order valence-corrected chi connectivity index (χ0v) is 14.1. The Hall–Kier alpha value is -2.65. The zero-order valence-electron chi connectivity index (χ0n) is 13.3. The average Bonchev–Trinajstić information content (AvgIpc) is 2.87. The second kappa shape index (κ2) is 7.75. The third kappa shape index (κ3) is 4.00. The first-order valence-corrected chi connectivity index (χ1v) is 7.71. The van der Waals surface area contributed by atoms with Crippen LogP contribution in [0.25, 0.3) is 0 Å². The highest BCUT2D eigenvalue weighted by molar-refractivity contribution is 6.33. The number of carbonyl (C=O) groups excluding carboxylic acids is 2. The van der Waals surface area contributed by atoms with Gasteiger partial charge in [-0.25, -0.2) is 0 Å². The summed E-state index contributed by atoms with van der Waals surface area (Å²) in [6, 6.07) is 8.38. The number of nitrogens with zero attached hydrogens (tertiary/aromatic N) is 2. The number of nitrogens with one attached hydrogen (secondary N) is 1. The summed E-state index contributed by atoms with van der Waals surface area (Å²) in [6.07, 6.45) is 0.425. The van der Waals surface area contributed by atoms with E-state index in [9.17, 15) is 14.9 Å². The topological polar surface area (TPSA) is 96.0 Å². The largest absolute Gasteiger partial charge is 0.361 e. The Morgan fingerprint density at radius 1 is 1.38 bits per heavy atom. The SMILES string of the molecule is Cc1noc(C)c1CCC(=O)[C@H](C#N)C(=O)Nc1ccccc1Cl. The highest BCUT2D eigenvalue weighted by Crippen LogP contribution is 2.22. The quantitative estimate of drug-likeness (QED) is 0.811. The van der Waals surface area contributed by atoms with Gasteiger partial charge in [0.2, 0.25) is 5.91 Å². The molecular formula is C17H16ClN3O3. The first kappa shape index (κ1) is 17.7. The molecule has 0 saturated heterocycles. The molecule has 1 N–H and O–H groups in total. The van der Waals surface area contributed by atoms with Gasteiger partial charge in [-0.1, -0.05) is 28.9 Å². The number of ketones is 1. The molecule has 2 rings (SSSR count). The number of aryl methyl sites for hydroxylation is 2. The number of halogens is 1. The van der Waals surface area contributed by atoms with Gasteiger partial charge in [-0.2, -0.15) is 5.26 Å². The van der Waals surface area contributed by atoms with Crippen LogP contribution in [0.4, 0.5) is 5.69 Å². The fraction of sp³-hybridized carbons (Fsp3) is 0.294. The lowest BCUT2D eigenvalue weighted by molar-refractivity contribution is -0.128. The highest BCUT2D eigenvalue weighted by atomic mass is 35.5. The van der Waals surface area contributed by atoms with E-state index in [1.54, 1.807) is 44.2 Å². The maximum absolute atomic E-state index is 12.2. The van der Waals surface area contributed by atoms with E-state index in [4.69, 9.17) is 16.1 Å². The predicted octanol–water partition coefficient (Wildman–Crippen LogP) is 3.23. The Kier molecular flexibility index (Phi) is 5.72. The number of carbonyl (C=O) groups is 2. The number of rotatable bonds is 6. The van der Waals surface area contributed by atoms with Gasteiger partial charge in [-0.3, -0.25) is 9.59 Å². The molecule has 0 aliphatic rings. The molecule has 0 aliphatic carbocycles. The molecule has 124 valence electrons. The van der Waals surface area contributed by atoms with Crippen molar-refractivity contribution in [3.05, 3.63) is 46.3 Å². The van der Waals surface area contributed by atoms with Crippen LogP contribution in [0.3, 0.4) is 0 Å². The molecule has 0 fully saturated rings. The monoisotopic (exact) mass is 345 g/mol. The summed E-state index contributed by atoms with van der Waals surface area (Å²) in [6.45, 7) is 3.54. The standard InChI is InChI=1S/C17H16ClN3O3/c1-10-12(11(2)24-21-10)7-8-16(22)13(9-19)17(23)20-15-6-4-3-5-14(15)18/h3-6,13H,7-8H2,1-2H3,(H,20,23)/t13-/m0/s1. The minimum Gasteiger partial charge on any atom is -0.361 e. The van der Waals surface area contributed by atoms with Crippen LogP contribution >= 0.6 is 11.6 Å². The van der Waals surface area contributed by atoms with E-state index in [0.29, 0.717) is 28.6 Å². The van der Waals surface area contributed by atoms with E-state index in [-0.39, 0.29) is 6.42 Å². The zero-order chi connectivity index (χ0) is 17.7. The number of anilines is 1. The van der Waals surface area contributed by atoms with E-state index >= 15 is 0 Å². The fourth-order valence-electron chi connectivity index (χ4n) is 2.30. The van der Waals surface area contributed by atoms with Gasteiger partial charge in [0.15, 0.2) is 11.7 Å². The number of Topliss-reactive ketones (excluding diaryl/α,β-unsaturated/α-hetero) is 1. The third-order valence-corrected chi connectivity index (χ3v) is 3.98. The summed E-state index contributed by atoms with van der Waals surface area (Å²) in [5.41, 5.74) is 1.89. The highest BCUT2D eigenvalue weighted by Gasteiger charge is 2.27. The second-order valence-corrected chi connectivity index (χ2v) is 5.71. The normalized spacial score (nSPS) is 11.6. The summed E-state index contributed by atoms with van der Waals surface area (Å²) in [7, 11) is 0. The Morgan fingerprint density at radius 2 is 2.08 bits per heavy atom. The molecule has 0 unspecified atom stereocenters. The van der Waals surface area contributed by atoms with Gasteiger partial charge in [0.25, 0.3) is 0 Å². The maximum Gasteiger partial charge on any atom is 0.249 e. The first-order valence-electron chi connectivity index (χ1n) is 7.33. The molecule has 0 radical (unpaired) electrons. The van der Waals surface area contributed by atoms with Crippen molar-refractivity contribution in [3.8, 4) is 6.07 Å². The lowest BCUT2D eigenvalue weighted by Crippen LogP contribution is -2.29. The van der Waals surface area contributed by atoms with Crippen LogP contribution in [0.5, 0.6) is 0 Å². The van der Waals surface area contributed by atoms with Crippen molar-refractivity contribution in [3.63, 3.8) is 0 Å². The second-order valence-electron chi connectivity index (χ2n) is 5.30. The lowest BCUT2D eigenvalue weighted by atomic mass is 9.97. The predicted molar refractivity (Wildman–Crippen MR) is 88.5 cm³/mol. The van der Waals surface area contributed by atoms with Crippen LogP contribution in [-0.4, -0.2) is 16.8 Å². The fourth-order valence-corrected chi connectivity index (χ4v) is 2.48. The molecule has 1 aromatic heterocycles. The van der Waals surface area contributed by atoms with Crippen LogP contribution in [-0.2, 0) is 16.0 Å². The lowest BCUT2D eigenvalue weighted by Gasteiger charge is -2.10. The number of aromatic nitrogens is 1.